The van der Waals surface area contributed by atoms with Gasteiger partial charge in [-0.15, -0.1) is 10.2 Å². The molecule has 0 spiro atoms. The Morgan fingerprint density at radius 1 is 1.17 bits per heavy atom. The molecule has 2 heterocycles. The quantitative estimate of drug-likeness (QED) is 0.836. The molecule has 0 N–H and O–H groups in total. The molecule has 2 aliphatic rings. The number of aromatic nitrogens is 2. The van der Waals surface area contributed by atoms with Gasteiger partial charge in [0.25, 0.3) is 0 Å². The number of aryl methyl sites for hydroxylation is 3. The zero-order valence-corrected chi connectivity index (χ0v) is 14.6. The maximum Gasteiger partial charge on any atom is 0.216 e. The molecule has 0 amide bonds. The molecule has 0 bridgehead atoms. The summed E-state index contributed by atoms with van der Waals surface area (Å²) in [5, 5.41) is 8.03. The standard InChI is InChI=1S/C20H27N3O/c1-15-21-22-20(24-15)12-6-14-23-13-5-11-19(23)18-10-4-8-16-7-2-3-9-17(16)18/h2-3,7,9,18-19H,4-6,8,10-14H2,1H3. The highest BCUT2D eigenvalue weighted by atomic mass is 16.4. The van der Waals surface area contributed by atoms with E-state index in [2.05, 4.69) is 39.4 Å². The number of benzene rings is 1. The highest BCUT2D eigenvalue weighted by molar-refractivity contribution is 5.34. The number of hydrogen-bond acceptors (Lipinski definition) is 4. The van der Waals surface area contributed by atoms with Gasteiger partial charge < -0.3 is 4.42 Å². The third kappa shape index (κ3) is 3.25. The fourth-order valence-corrected chi connectivity index (χ4v) is 4.65. The Labute approximate surface area is 144 Å². The van der Waals surface area contributed by atoms with Crippen LogP contribution in [0.15, 0.2) is 28.7 Å². The van der Waals surface area contributed by atoms with Gasteiger partial charge in [-0.1, -0.05) is 24.3 Å². The Hall–Kier alpha value is -1.68. The first-order valence-corrected chi connectivity index (χ1v) is 9.42. The zero-order valence-electron chi connectivity index (χ0n) is 14.6. The molecule has 2 aromatic rings. The van der Waals surface area contributed by atoms with E-state index < -0.39 is 0 Å². The van der Waals surface area contributed by atoms with Gasteiger partial charge in [-0.05, 0) is 68.7 Å². The van der Waals surface area contributed by atoms with Crippen molar-refractivity contribution in [3.63, 3.8) is 0 Å². The van der Waals surface area contributed by atoms with E-state index in [1.165, 1.54) is 38.6 Å². The van der Waals surface area contributed by atoms with Crippen LogP contribution in [-0.4, -0.2) is 34.2 Å². The van der Waals surface area contributed by atoms with Gasteiger partial charge in [-0.3, -0.25) is 4.90 Å². The molecule has 24 heavy (non-hydrogen) atoms. The topological polar surface area (TPSA) is 42.2 Å². The predicted octanol–water partition coefficient (Wildman–Crippen LogP) is 3.90. The van der Waals surface area contributed by atoms with Crippen LogP contribution in [0.4, 0.5) is 0 Å². The molecule has 1 aliphatic heterocycles. The second-order valence-electron chi connectivity index (χ2n) is 7.26. The number of nitrogens with zero attached hydrogens (tertiary/aromatic N) is 3. The summed E-state index contributed by atoms with van der Waals surface area (Å²) in [6.07, 6.45) is 8.63. The fraction of sp³-hybridized carbons (Fsp3) is 0.600. The van der Waals surface area contributed by atoms with Gasteiger partial charge in [0.05, 0.1) is 0 Å². The lowest BCUT2D eigenvalue weighted by Crippen LogP contribution is -2.36. The number of rotatable bonds is 5. The molecule has 4 nitrogen and oxygen atoms in total. The second-order valence-corrected chi connectivity index (χ2v) is 7.26. The highest BCUT2D eigenvalue weighted by Crippen LogP contribution is 2.39. The summed E-state index contributed by atoms with van der Waals surface area (Å²) >= 11 is 0. The lowest BCUT2D eigenvalue weighted by Gasteiger charge is -2.35. The summed E-state index contributed by atoms with van der Waals surface area (Å²) in [6, 6.07) is 9.83. The van der Waals surface area contributed by atoms with E-state index >= 15 is 0 Å². The fourth-order valence-electron chi connectivity index (χ4n) is 4.65. The summed E-state index contributed by atoms with van der Waals surface area (Å²) in [7, 11) is 0. The smallest absolute Gasteiger partial charge is 0.216 e. The minimum absolute atomic E-state index is 0.669. The first-order chi connectivity index (χ1) is 11.8. The van der Waals surface area contributed by atoms with Crippen molar-refractivity contribution in [1.29, 1.82) is 0 Å². The molecule has 1 saturated heterocycles. The Bertz CT molecular complexity index is 681. The number of likely N-dealkylation sites (tertiary alicyclic amines) is 1. The summed E-state index contributed by atoms with van der Waals surface area (Å²) in [6.45, 7) is 4.24. The SMILES string of the molecule is Cc1nnc(CCCN2CCCC2C2CCCc3ccccc32)o1. The Morgan fingerprint density at radius 2 is 2.08 bits per heavy atom. The summed E-state index contributed by atoms with van der Waals surface area (Å²) in [5.74, 6) is 2.18. The van der Waals surface area contributed by atoms with Crippen LogP contribution in [0.3, 0.4) is 0 Å². The third-order valence-electron chi connectivity index (χ3n) is 5.70. The minimum atomic E-state index is 0.669. The lowest BCUT2D eigenvalue weighted by atomic mass is 9.78. The van der Waals surface area contributed by atoms with Crippen LogP contribution >= 0.6 is 0 Å². The second kappa shape index (κ2) is 7.06. The van der Waals surface area contributed by atoms with Crippen LogP contribution < -0.4 is 0 Å². The van der Waals surface area contributed by atoms with Crippen LogP contribution in [0.2, 0.25) is 0 Å². The lowest BCUT2D eigenvalue weighted by molar-refractivity contribution is 0.209. The van der Waals surface area contributed by atoms with Crippen LogP contribution in [0, 0.1) is 6.92 Å². The first-order valence-electron chi connectivity index (χ1n) is 9.42. The van der Waals surface area contributed by atoms with Crippen molar-refractivity contribution in [2.45, 2.75) is 63.8 Å². The molecule has 1 fully saturated rings. The normalized spacial score (nSPS) is 24.2. The summed E-state index contributed by atoms with van der Waals surface area (Å²) in [5.41, 5.74) is 3.20. The highest BCUT2D eigenvalue weighted by Gasteiger charge is 2.34. The molecule has 1 aromatic carbocycles. The molecule has 4 rings (SSSR count). The van der Waals surface area contributed by atoms with Gasteiger partial charge in [-0.2, -0.15) is 0 Å². The average Bonchev–Trinajstić information content (AvgIpc) is 3.23. The zero-order chi connectivity index (χ0) is 16.4. The van der Waals surface area contributed by atoms with E-state index in [0.29, 0.717) is 5.89 Å². The number of fused-ring (bicyclic) bond motifs is 1. The summed E-state index contributed by atoms with van der Waals surface area (Å²) < 4.78 is 5.50. The Balaban J connectivity index is 1.40. The van der Waals surface area contributed by atoms with E-state index in [1.807, 2.05) is 6.92 Å². The molecular formula is C20H27N3O. The third-order valence-corrected chi connectivity index (χ3v) is 5.70. The van der Waals surface area contributed by atoms with E-state index in [0.717, 1.165) is 37.2 Å². The van der Waals surface area contributed by atoms with Crippen molar-refractivity contribution in [1.82, 2.24) is 15.1 Å². The van der Waals surface area contributed by atoms with Crippen molar-refractivity contribution >= 4 is 0 Å². The van der Waals surface area contributed by atoms with Gasteiger partial charge in [0.2, 0.25) is 11.8 Å². The molecule has 1 aliphatic carbocycles. The largest absolute Gasteiger partial charge is 0.426 e. The van der Waals surface area contributed by atoms with Crippen LogP contribution in [0.1, 0.15) is 60.9 Å². The van der Waals surface area contributed by atoms with Crippen molar-refractivity contribution in [3.05, 3.63) is 47.2 Å². The van der Waals surface area contributed by atoms with E-state index in [9.17, 15) is 0 Å². The maximum absolute atomic E-state index is 5.50. The average molecular weight is 325 g/mol. The van der Waals surface area contributed by atoms with E-state index in [4.69, 9.17) is 4.42 Å². The molecule has 0 saturated carbocycles. The molecule has 2 atom stereocenters. The van der Waals surface area contributed by atoms with Gasteiger partial charge in [0.15, 0.2) is 0 Å². The van der Waals surface area contributed by atoms with Crippen LogP contribution in [0.25, 0.3) is 0 Å². The van der Waals surface area contributed by atoms with Gasteiger partial charge in [0.1, 0.15) is 0 Å². The Kier molecular flexibility index (Phi) is 4.65. The van der Waals surface area contributed by atoms with Crippen molar-refractivity contribution in [2.75, 3.05) is 13.1 Å². The first kappa shape index (κ1) is 15.8. The monoisotopic (exact) mass is 325 g/mol. The minimum Gasteiger partial charge on any atom is -0.426 e. The molecular weight excluding hydrogens is 298 g/mol. The van der Waals surface area contributed by atoms with E-state index in [-0.39, 0.29) is 0 Å². The predicted molar refractivity (Wildman–Crippen MR) is 94.1 cm³/mol. The summed E-state index contributed by atoms with van der Waals surface area (Å²) in [4.78, 5) is 2.72. The molecule has 2 unspecified atom stereocenters. The van der Waals surface area contributed by atoms with Crippen LogP contribution in [-0.2, 0) is 12.8 Å². The van der Waals surface area contributed by atoms with Gasteiger partial charge in [0, 0.05) is 19.4 Å². The molecule has 0 radical (unpaired) electrons. The van der Waals surface area contributed by atoms with Crippen molar-refractivity contribution < 1.29 is 4.42 Å². The molecule has 128 valence electrons. The molecule has 4 heteroatoms. The number of hydrogen-bond donors (Lipinski definition) is 0. The van der Waals surface area contributed by atoms with Gasteiger partial charge >= 0.3 is 0 Å². The van der Waals surface area contributed by atoms with Crippen molar-refractivity contribution in [3.8, 4) is 0 Å². The van der Waals surface area contributed by atoms with Crippen LogP contribution in [0.5, 0.6) is 0 Å². The van der Waals surface area contributed by atoms with Crippen molar-refractivity contribution in [2.24, 2.45) is 0 Å². The molecule has 1 aromatic heterocycles. The maximum atomic E-state index is 5.50. The Morgan fingerprint density at radius 3 is 2.96 bits per heavy atom. The van der Waals surface area contributed by atoms with Gasteiger partial charge in [-0.25, -0.2) is 0 Å². The van der Waals surface area contributed by atoms with E-state index in [1.54, 1.807) is 11.1 Å².